The van der Waals surface area contributed by atoms with Gasteiger partial charge in [0, 0.05) is 62.3 Å². The first-order valence-electron chi connectivity index (χ1n) is 12.6. The van der Waals surface area contributed by atoms with Crippen molar-refractivity contribution in [2.45, 2.75) is 0 Å². The summed E-state index contributed by atoms with van der Waals surface area (Å²) in [5.74, 6) is 0.474. The Kier molecular flexibility index (Phi) is 6.19. The number of aromatic amines is 1. The van der Waals surface area contributed by atoms with E-state index in [1.54, 1.807) is 6.20 Å². The third-order valence-corrected chi connectivity index (χ3v) is 7.21. The van der Waals surface area contributed by atoms with E-state index in [0.717, 1.165) is 86.0 Å². The first kappa shape index (κ1) is 23.4. The zero-order chi connectivity index (χ0) is 25.4. The minimum Gasteiger partial charge on any atom is -0.398 e. The van der Waals surface area contributed by atoms with Gasteiger partial charge in [0.25, 0.3) is 0 Å². The Bertz CT molecular complexity index is 1440. The van der Waals surface area contributed by atoms with Crippen LogP contribution in [0, 0.1) is 5.41 Å². The quantitative estimate of drug-likeness (QED) is 0.284. The number of nitrogen functional groups attached to an aromatic ring is 1. The Labute approximate surface area is 215 Å². The molecule has 1 aromatic carbocycles. The highest BCUT2D eigenvalue weighted by Gasteiger charge is 2.21. The number of aromatic nitrogens is 4. The van der Waals surface area contributed by atoms with Crippen molar-refractivity contribution in [1.29, 1.82) is 5.41 Å². The maximum Gasteiger partial charge on any atom is 0.157 e. The zero-order valence-corrected chi connectivity index (χ0v) is 20.9. The van der Waals surface area contributed by atoms with Crippen LogP contribution in [0.4, 0.5) is 17.1 Å². The smallest absolute Gasteiger partial charge is 0.157 e. The highest BCUT2D eigenvalue weighted by molar-refractivity contribution is 6.13. The van der Waals surface area contributed by atoms with Crippen LogP contribution in [-0.2, 0) is 4.74 Å². The molecule has 2 saturated heterocycles. The van der Waals surface area contributed by atoms with Crippen molar-refractivity contribution in [2.24, 2.45) is 0 Å². The van der Waals surface area contributed by atoms with Crippen molar-refractivity contribution in [3.63, 3.8) is 0 Å². The minimum atomic E-state index is 0.247. The average molecular weight is 498 g/mol. The first-order valence-corrected chi connectivity index (χ1v) is 12.6. The molecule has 190 valence electrons. The molecule has 0 aliphatic carbocycles. The lowest BCUT2D eigenvalue weighted by Crippen LogP contribution is -2.44. The first-order chi connectivity index (χ1) is 18.1. The van der Waals surface area contributed by atoms with Crippen molar-refractivity contribution in [3.05, 3.63) is 60.4 Å². The standard InChI is InChI=1S/C27H31N9O/c1-34-4-6-36(7-5-34)24-17-31-16-23-26(24)33-27(32-23)25(29)21-13-18(2-3-22(21)28)19-12-20(15-30-14-19)35-8-10-37-11-9-35/h2-3,12-17,29H,4-11,28H2,1H3,(H,32,33). The summed E-state index contributed by atoms with van der Waals surface area (Å²) < 4.78 is 5.48. The molecule has 2 fully saturated rings. The fourth-order valence-corrected chi connectivity index (χ4v) is 4.98. The maximum absolute atomic E-state index is 8.99. The molecular formula is C27H31N9O. The number of likely N-dealkylation sites (N-methyl/N-ethyl adjacent to an activating group) is 1. The van der Waals surface area contributed by atoms with Gasteiger partial charge in [-0.1, -0.05) is 6.07 Å². The topological polar surface area (TPSA) is 123 Å². The molecule has 10 heteroatoms. The van der Waals surface area contributed by atoms with Crippen molar-refractivity contribution in [3.8, 4) is 11.1 Å². The maximum atomic E-state index is 8.99. The van der Waals surface area contributed by atoms with E-state index >= 15 is 0 Å². The predicted molar refractivity (Wildman–Crippen MR) is 147 cm³/mol. The Morgan fingerprint density at radius 2 is 1.70 bits per heavy atom. The third-order valence-electron chi connectivity index (χ3n) is 7.21. The van der Waals surface area contributed by atoms with E-state index in [0.29, 0.717) is 17.1 Å². The van der Waals surface area contributed by atoms with Crippen molar-refractivity contribution >= 4 is 33.8 Å². The average Bonchev–Trinajstić information content (AvgIpc) is 3.39. The summed E-state index contributed by atoms with van der Waals surface area (Å²) in [6.07, 6.45) is 7.36. The van der Waals surface area contributed by atoms with Gasteiger partial charge in [-0.15, -0.1) is 0 Å². The minimum absolute atomic E-state index is 0.247. The number of ether oxygens (including phenoxy) is 1. The Balaban J connectivity index is 1.31. The lowest BCUT2D eigenvalue weighted by Gasteiger charge is -2.33. The van der Waals surface area contributed by atoms with Crippen LogP contribution in [-0.4, -0.2) is 90.1 Å². The molecule has 0 radical (unpaired) electrons. The van der Waals surface area contributed by atoms with E-state index in [1.165, 1.54) is 0 Å². The molecule has 3 aromatic heterocycles. The summed E-state index contributed by atoms with van der Waals surface area (Å²) in [6.45, 7) is 6.96. The molecule has 0 unspecified atom stereocenters. The highest BCUT2D eigenvalue weighted by atomic mass is 16.5. The second kappa shape index (κ2) is 9.79. The number of hydrogen-bond acceptors (Lipinski definition) is 9. The van der Waals surface area contributed by atoms with E-state index in [-0.39, 0.29) is 5.71 Å². The molecule has 6 rings (SSSR count). The number of nitrogens with one attached hydrogen (secondary N) is 2. The molecule has 0 amide bonds. The fraction of sp³-hybridized carbons (Fsp3) is 0.333. The van der Waals surface area contributed by atoms with Gasteiger partial charge in [-0.25, -0.2) is 4.98 Å². The predicted octanol–water partition coefficient (Wildman–Crippen LogP) is 2.61. The highest BCUT2D eigenvalue weighted by Crippen LogP contribution is 2.29. The van der Waals surface area contributed by atoms with Gasteiger partial charge in [0.05, 0.1) is 48.7 Å². The van der Waals surface area contributed by atoms with Crippen LogP contribution < -0.4 is 15.5 Å². The Hall–Kier alpha value is -4.02. The molecule has 2 aliphatic rings. The van der Waals surface area contributed by atoms with E-state index in [9.17, 15) is 0 Å². The van der Waals surface area contributed by atoms with Gasteiger partial charge in [-0.3, -0.25) is 15.4 Å². The van der Waals surface area contributed by atoms with Crippen LogP contribution in [0.1, 0.15) is 11.4 Å². The van der Waals surface area contributed by atoms with Crippen LogP contribution in [0.5, 0.6) is 0 Å². The molecule has 10 nitrogen and oxygen atoms in total. The molecule has 0 atom stereocenters. The number of piperazine rings is 1. The summed E-state index contributed by atoms with van der Waals surface area (Å²) in [7, 11) is 2.14. The number of hydrogen-bond donors (Lipinski definition) is 3. The number of nitrogens with zero attached hydrogens (tertiary/aromatic N) is 6. The molecule has 4 aromatic rings. The van der Waals surface area contributed by atoms with Gasteiger partial charge in [-0.05, 0) is 30.8 Å². The number of H-pyrrole nitrogens is 1. The second-order valence-electron chi connectivity index (χ2n) is 9.64. The van der Waals surface area contributed by atoms with E-state index in [4.69, 9.17) is 20.9 Å². The number of benzene rings is 1. The molecule has 0 bridgehead atoms. The second-order valence-corrected chi connectivity index (χ2v) is 9.64. The van der Waals surface area contributed by atoms with E-state index < -0.39 is 0 Å². The van der Waals surface area contributed by atoms with Gasteiger partial charge in [-0.2, -0.15) is 0 Å². The summed E-state index contributed by atoms with van der Waals surface area (Å²) in [5, 5.41) is 8.99. The number of pyridine rings is 2. The lowest BCUT2D eigenvalue weighted by molar-refractivity contribution is 0.122. The van der Waals surface area contributed by atoms with Gasteiger partial charge in [0.2, 0.25) is 0 Å². The molecule has 5 heterocycles. The van der Waals surface area contributed by atoms with Crippen molar-refractivity contribution in [2.75, 3.05) is 75.1 Å². The Morgan fingerprint density at radius 3 is 2.51 bits per heavy atom. The summed E-state index contributed by atoms with van der Waals surface area (Å²) >= 11 is 0. The summed E-state index contributed by atoms with van der Waals surface area (Å²) in [4.78, 5) is 24.0. The van der Waals surface area contributed by atoms with Crippen molar-refractivity contribution in [1.82, 2.24) is 24.8 Å². The van der Waals surface area contributed by atoms with E-state index in [2.05, 4.69) is 42.8 Å². The molecular weight excluding hydrogens is 466 g/mol. The Morgan fingerprint density at radius 1 is 0.919 bits per heavy atom. The largest absolute Gasteiger partial charge is 0.398 e. The van der Waals surface area contributed by atoms with Crippen LogP contribution in [0.25, 0.3) is 22.2 Å². The monoisotopic (exact) mass is 497 g/mol. The summed E-state index contributed by atoms with van der Waals surface area (Å²) in [6, 6.07) is 7.90. The van der Waals surface area contributed by atoms with Gasteiger partial charge in [0.1, 0.15) is 11.2 Å². The third kappa shape index (κ3) is 4.61. The van der Waals surface area contributed by atoms with Gasteiger partial charge < -0.3 is 30.2 Å². The SMILES string of the molecule is CN1CCN(c2cncc3[nH]c(C(=N)c4cc(-c5cncc(N6CCOCC6)c5)ccc4N)nc23)CC1. The van der Waals surface area contributed by atoms with Gasteiger partial charge >= 0.3 is 0 Å². The van der Waals surface area contributed by atoms with Crippen LogP contribution in [0.15, 0.2) is 49.1 Å². The van der Waals surface area contributed by atoms with Gasteiger partial charge in [0.15, 0.2) is 5.82 Å². The number of imidazole rings is 1. The number of rotatable bonds is 5. The number of fused-ring (bicyclic) bond motifs is 1. The number of morpholine rings is 1. The fourth-order valence-electron chi connectivity index (χ4n) is 4.98. The van der Waals surface area contributed by atoms with Crippen molar-refractivity contribution < 1.29 is 4.74 Å². The molecule has 37 heavy (non-hydrogen) atoms. The number of anilines is 3. The lowest BCUT2D eigenvalue weighted by atomic mass is 10.00. The van der Waals surface area contributed by atoms with Crippen LogP contribution in [0.2, 0.25) is 0 Å². The number of nitrogens with two attached hydrogens (primary N) is 1. The molecule has 4 N–H and O–H groups in total. The normalized spacial score (nSPS) is 16.9. The summed E-state index contributed by atoms with van der Waals surface area (Å²) in [5.41, 5.74) is 13.4. The molecule has 0 spiro atoms. The van der Waals surface area contributed by atoms with Crippen LogP contribution >= 0.6 is 0 Å². The van der Waals surface area contributed by atoms with Crippen LogP contribution in [0.3, 0.4) is 0 Å². The zero-order valence-electron chi connectivity index (χ0n) is 20.9. The molecule has 0 saturated carbocycles. The van der Waals surface area contributed by atoms with E-state index in [1.807, 2.05) is 36.8 Å². The molecule has 2 aliphatic heterocycles.